The molecule has 0 heterocycles. The van der Waals surface area contributed by atoms with Crippen molar-refractivity contribution in [3.8, 4) is 5.75 Å². The van der Waals surface area contributed by atoms with E-state index in [1.165, 1.54) is 12.1 Å². The third kappa shape index (κ3) is 5.31. The first kappa shape index (κ1) is 21.4. The normalized spacial score (nSPS) is 11.2. The van der Waals surface area contributed by atoms with Gasteiger partial charge in [-0.15, -0.1) is 0 Å². The number of amides is 1. The number of nitrogens with one attached hydrogen (secondary N) is 1. The number of carbonyl (C=O) groups excluding carboxylic acids is 1. The quantitative estimate of drug-likeness (QED) is 0.628. The second-order valence-corrected chi connectivity index (χ2v) is 7.53. The Morgan fingerprint density at radius 1 is 1.18 bits per heavy atom. The Kier molecular flexibility index (Phi) is 6.78. The molecular weight excluding hydrogens is 361 g/mol. The lowest BCUT2D eigenvalue weighted by Crippen LogP contribution is -2.32. The fourth-order valence-corrected chi connectivity index (χ4v) is 2.81. The van der Waals surface area contributed by atoms with Crippen LogP contribution >= 0.6 is 0 Å². The number of carboxylic acid groups (broad SMARTS) is 1. The van der Waals surface area contributed by atoms with Gasteiger partial charge in [0.15, 0.2) is 0 Å². The van der Waals surface area contributed by atoms with Gasteiger partial charge in [-0.25, -0.2) is 9.18 Å². The highest BCUT2D eigenvalue weighted by Crippen LogP contribution is 2.27. The van der Waals surface area contributed by atoms with Gasteiger partial charge in [0, 0.05) is 5.41 Å². The van der Waals surface area contributed by atoms with Crippen LogP contribution in [0.4, 0.5) is 10.1 Å². The van der Waals surface area contributed by atoms with Gasteiger partial charge in [-0.2, -0.15) is 0 Å². The molecule has 0 saturated carbocycles. The molecular formula is C22H26FNO4. The molecule has 0 aromatic heterocycles. The number of hydrogen-bond acceptors (Lipinski definition) is 3. The summed E-state index contributed by atoms with van der Waals surface area (Å²) in [7, 11) is 0. The summed E-state index contributed by atoms with van der Waals surface area (Å²) in [4.78, 5) is 23.9. The summed E-state index contributed by atoms with van der Waals surface area (Å²) in [5.74, 6) is -1.85. The standard InChI is InChI=1S/C22H26FNO4/c1-14-9-10-15(2)18(13-14)28-12-6-11-22(3,4)21(27)24-17-8-5-7-16(23)19(17)20(25)26/h5,7-10,13H,6,11-12H2,1-4H3,(H,24,27)(H,25,26). The third-order valence-corrected chi connectivity index (χ3v) is 4.64. The summed E-state index contributed by atoms with van der Waals surface area (Å²) < 4.78 is 19.6. The Hall–Kier alpha value is -2.89. The van der Waals surface area contributed by atoms with Crippen LogP contribution in [0.15, 0.2) is 36.4 Å². The van der Waals surface area contributed by atoms with Gasteiger partial charge in [0.25, 0.3) is 0 Å². The zero-order valence-electron chi connectivity index (χ0n) is 16.6. The number of hydrogen-bond donors (Lipinski definition) is 2. The van der Waals surface area contributed by atoms with Gasteiger partial charge in [0.2, 0.25) is 5.91 Å². The van der Waals surface area contributed by atoms with Crippen LogP contribution in [0.25, 0.3) is 0 Å². The minimum absolute atomic E-state index is 0.0442. The number of aromatic carboxylic acids is 1. The molecule has 2 aromatic carbocycles. The molecule has 0 atom stereocenters. The van der Waals surface area contributed by atoms with E-state index in [0.717, 1.165) is 22.9 Å². The van der Waals surface area contributed by atoms with Crippen LogP contribution in [-0.4, -0.2) is 23.6 Å². The van der Waals surface area contributed by atoms with Crippen LogP contribution in [0.5, 0.6) is 5.75 Å². The van der Waals surface area contributed by atoms with Crippen molar-refractivity contribution in [1.29, 1.82) is 0 Å². The summed E-state index contributed by atoms with van der Waals surface area (Å²) >= 11 is 0. The number of halogens is 1. The van der Waals surface area contributed by atoms with Crippen LogP contribution in [-0.2, 0) is 4.79 Å². The summed E-state index contributed by atoms with van der Waals surface area (Å²) in [5, 5.41) is 11.7. The summed E-state index contributed by atoms with van der Waals surface area (Å²) in [6.07, 6.45) is 1.17. The van der Waals surface area contributed by atoms with Crippen molar-refractivity contribution in [2.75, 3.05) is 11.9 Å². The second kappa shape index (κ2) is 8.87. The zero-order chi connectivity index (χ0) is 20.9. The van der Waals surface area contributed by atoms with Crippen molar-refractivity contribution in [1.82, 2.24) is 0 Å². The van der Waals surface area contributed by atoms with E-state index in [0.29, 0.717) is 19.4 Å². The summed E-state index contributed by atoms with van der Waals surface area (Å²) in [5.41, 5.74) is 0.814. The number of carbonyl (C=O) groups is 2. The second-order valence-electron chi connectivity index (χ2n) is 7.53. The Balaban J connectivity index is 1.95. The molecule has 2 N–H and O–H groups in total. The Bertz CT molecular complexity index is 877. The monoisotopic (exact) mass is 387 g/mol. The van der Waals surface area contributed by atoms with Gasteiger partial charge < -0.3 is 15.2 Å². The molecule has 0 saturated heterocycles. The zero-order valence-corrected chi connectivity index (χ0v) is 16.6. The Morgan fingerprint density at radius 2 is 1.89 bits per heavy atom. The number of carboxylic acids is 1. The number of aryl methyl sites for hydroxylation is 2. The molecule has 150 valence electrons. The predicted octanol–water partition coefficient (Wildman–Crippen LogP) is 4.96. The number of ether oxygens (including phenoxy) is 1. The first-order chi connectivity index (χ1) is 13.1. The van der Waals surface area contributed by atoms with E-state index in [1.54, 1.807) is 13.8 Å². The van der Waals surface area contributed by atoms with E-state index >= 15 is 0 Å². The van der Waals surface area contributed by atoms with Crippen LogP contribution in [0.1, 0.15) is 48.2 Å². The minimum Gasteiger partial charge on any atom is -0.493 e. The maximum Gasteiger partial charge on any atom is 0.340 e. The Morgan fingerprint density at radius 3 is 2.57 bits per heavy atom. The summed E-state index contributed by atoms with van der Waals surface area (Å²) in [6, 6.07) is 9.79. The average Bonchev–Trinajstić information content (AvgIpc) is 2.61. The fourth-order valence-electron chi connectivity index (χ4n) is 2.81. The van der Waals surface area contributed by atoms with Crippen LogP contribution < -0.4 is 10.1 Å². The van der Waals surface area contributed by atoms with Crippen molar-refractivity contribution >= 4 is 17.6 Å². The highest BCUT2D eigenvalue weighted by molar-refractivity contribution is 6.02. The predicted molar refractivity (Wildman–Crippen MR) is 106 cm³/mol. The molecule has 2 rings (SSSR count). The maximum absolute atomic E-state index is 13.8. The van der Waals surface area contributed by atoms with E-state index in [2.05, 4.69) is 5.32 Å². The molecule has 2 aromatic rings. The molecule has 0 fully saturated rings. The lowest BCUT2D eigenvalue weighted by atomic mass is 9.86. The number of anilines is 1. The molecule has 6 heteroatoms. The maximum atomic E-state index is 13.8. The molecule has 1 amide bonds. The molecule has 0 aliphatic carbocycles. The van der Waals surface area contributed by atoms with E-state index in [1.807, 2.05) is 32.0 Å². The van der Waals surface area contributed by atoms with Crippen molar-refractivity contribution in [2.45, 2.75) is 40.5 Å². The van der Waals surface area contributed by atoms with Crippen molar-refractivity contribution in [3.05, 3.63) is 58.9 Å². The van der Waals surface area contributed by atoms with Crippen molar-refractivity contribution in [2.24, 2.45) is 5.41 Å². The number of benzene rings is 2. The smallest absolute Gasteiger partial charge is 0.340 e. The molecule has 0 aliphatic rings. The third-order valence-electron chi connectivity index (χ3n) is 4.64. The van der Waals surface area contributed by atoms with Gasteiger partial charge in [0.1, 0.15) is 17.1 Å². The van der Waals surface area contributed by atoms with Crippen LogP contribution in [0.2, 0.25) is 0 Å². The molecule has 5 nitrogen and oxygen atoms in total. The van der Waals surface area contributed by atoms with Gasteiger partial charge in [-0.1, -0.05) is 32.0 Å². The first-order valence-electron chi connectivity index (χ1n) is 9.15. The fraction of sp³-hybridized carbons (Fsp3) is 0.364. The average molecular weight is 387 g/mol. The first-order valence-corrected chi connectivity index (χ1v) is 9.15. The van der Waals surface area contributed by atoms with Crippen molar-refractivity contribution in [3.63, 3.8) is 0 Å². The lowest BCUT2D eigenvalue weighted by Gasteiger charge is -2.24. The van der Waals surface area contributed by atoms with E-state index in [9.17, 15) is 19.1 Å². The van der Waals surface area contributed by atoms with Crippen molar-refractivity contribution < 1.29 is 23.8 Å². The van der Waals surface area contributed by atoms with Crippen LogP contribution in [0, 0.1) is 25.1 Å². The molecule has 0 radical (unpaired) electrons. The molecule has 0 spiro atoms. The van der Waals surface area contributed by atoms with Gasteiger partial charge in [-0.3, -0.25) is 4.79 Å². The molecule has 28 heavy (non-hydrogen) atoms. The molecule has 0 aliphatic heterocycles. The van der Waals surface area contributed by atoms with Crippen LogP contribution in [0.3, 0.4) is 0 Å². The van der Waals surface area contributed by atoms with Gasteiger partial charge in [-0.05, 0) is 56.0 Å². The lowest BCUT2D eigenvalue weighted by molar-refractivity contribution is -0.124. The highest BCUT2D eigenvalue weighted by Gasteiger charge is 2.29. The highest BCUT2D eigenvalue weighted by atomic mass is 19.1. The molecule has 0 unspecified atom stereocenters. The van der Waals surface area contributed by atoms with Gasteiger partial charge >= 0.3 is 5.97 Å². The minimum atomic E-state index is -1.42. The number of rotatable bonds is 8. The summed E-state index contributed by atoms with van der Waals surface area (Å²) in [6.45, 7) is 7.96. The largest absolute Gasteiger partial charge is 0.493 e. The van der Waals surface area contributed by atoms with Gasteiger partial charge in [0.05, 0.1) is 12.3 Å². The van der Waals surface area contributed by atoms with E-state index < -0.39 is 22.8 Å². The van der Waals surface area contributed by atoms with E-state index in [4.69, 9.17) is 4.74 Å². The topological polar surface area (TPSA) is 75.6 Å². The molecule has 0 bridgehead atoms. The SMILES string of the molecule is Cc1ccc(C)c(OCCCC(C)(C)C(=O)Nc2cccc(F)c2C(=O)O)c1. The Labute approximate surface area is 164 Å². The van der Waals surface area contributed by atoms with E-state index in [-0.39, 0.29) is 11.6 Å².